The number of aliphatic hydroxyl groups excluding tert-OH is 1. The van der Waals surface area contributed by atoms with Gasteiger partial charge in [0.15, 0.2) is 5.76 Å². The number of pyridine rings is 1. The zero-order valence-electron chi connectivity index (χ0n) is 14.0. The lowest BCUT2D eigenvalue weighted by molar-refractivity contribution is 0.220. The Morgan fingerprint density at radius 3 is 2.58 bits per heavy atom. The van der Waals surface area contributed by atoms with E-state index in [1.54, 1.807) is 54.1 Å². The summed E-state index contributed by atoms with van der Waals surface area (Å²) >= 11 is 1.61. The van der Waals surface area contributed by atoms with Crippen molar-refractivity contribution in [3.8, 4) is 28.3 Å². The van der Waals surface area contributed by atoms with Gasteiger partial charge in [0.25, 0.3) is 0 Å². The molecule has 2 N–H and O–H groups in total. The molecule has 0 bridgehead atoms. The predicted octanol–water partition coefficient (Wildman–Crippen LogP) is 4.56. The van der Waals surface area contributed by atoms with Crippen LogP contribution in [-0.2, 0) is 0 Å². The van der Waals surface area contributed by atoms with Crippen LogP contribution in [0, 0.1) is 6.92 Å². The quantitative estimate of drug-likeness (QED) is 0.555. The molecule has 130 valence electrons. The fourth-order valence-electron chi connectivity index (χ4n) is 2.85. The second-order valence-corrected chi connectivity index (χ2v) is 7.07. The Labute approximate surface area is 154 Å². The molecule has 0 amide bonds. The molecule has 0 radical (unpaired) electrons. The van der Waals surface area contributed by atoms with Gasteiger partial charge in [0.05, 0.1) is 5.56 Å². The molecule has 0 spiro atoms. The Morgan fingerprint density at radius 1 is 1.12 bits per heavy atom. The number of benzene rings is 1. The number of phenolic OH excluding ortho intramolecular Hbond substituents is 1. The van der Waals surface area contributed by atoms with Crippen molar-refractivity contribution in [1.82, 2.24) is 10.1 Å². The Morgan fingerprint density at radius 2 is 1.92 bits per heavy atom. The lowest BCUT2D eigenvalue weighted by atomic mass is 9.95. The highest BCUT2D eigenvalue weighted by Gasteiger charge is 2.27. The van der Waals surface area contributed by atoms with Crippen molar-refractivity contribution in [3.63, 3.8) is 0 Å². The van der Waals surface area contributed by atoms with Gasteiger partial charge in [-0.05, 0) is 43.3 Å². The molecule has 0 aliphatic carbocycles. The van der Waals surface area contributed by atoms with E-state index >= 15 is 0 Å². The van der Waals surface area contributed by atoms with E-state index in [9.17, 15) is 10.2 Å². The van der Waals surface area contributed by atoms with Gasteiger partial charge < -0.3 is 14.7 Å². The Hall–Kier alpha value is -2.96. The molecule has 1 unspecified atom stereocenters. The fourth-order valence-corrected chi connectivity index (χ4v) is 3.54. The van der Waals surface area contributed by atoms with Gasteiger partial charge in [0, 0.05) is 39.3 Å². The maximum atomic E-state index is 11.0. The summed E-state index contributed by atoms with van der Waals surface area (Å²) in [5.41, 5.74) is 3.41. The van der Waals surface area contributed by atoms with Crippen LogP contribution in [0.15, 0.2) is 64.8 Å². The Kier molecular flexibility index (Phi) is 4.28. The van der Waals surface area contributed by atoms with E-state index in [0.29, 0.717) is 22.6 Å². The molecule has 26 heavy (non-hydrogen) atoms. The number of aromatic nitrogens is 2. The van der Waals surface area contributed by atoms with E-state index in [0.717, 1.165) is 16.0 Å². The number of rotatable bonds is 4. The zero-order chi connectivity index (χ0) is 18.1. The maximum Gasteiger partial charge on any atom is 0.174 e. The highest BCUT2D eigenvalue weighted by Crippen LogP contribution is 2.40. The van der Waals surface area contributed by atoms with Crippen LogP contribution in [0.4, 0.5) is 0 Å². The van der Waals surface area contributed by atoms with Crippen molar-refractivity contribution in [2.75, 3.05) is 0 Å². The summed E-state index contributed by atoms with van der Waals surface area (Å²) in [6.45, 7) is 2.02. The van der Waals surface area contributed by atoms with Crippen molar-refractivity contribution < 1.29 is 14.7 Å². The van der Waals surface area contributed by atoms with Crippen LogP contribution >= 0.6 is 11.3 Å². The van der Waals surface area contributed by atoms with Gasteiger partial charge in [0.2, 0.25) is 0 Å². The van der Waals surface area contributed by atoms with E-state index in [4.69, 9.17) is 4.52 Å². The van der Waals surface area contributed by atoms with Crippen LogP contribution in [0.25, 0.3) is 22.6 Å². The third kappa shape index (κ3) is 3.00. The lowest BCUT2D eigenvalue weighted by Gasteiger charge is -2.12. The monoisotopic (exact) mass is 364 g/mol. The van der Waals surface area contributed by atoms with Crippen molar-refractivity contribution in [2.24, 2.45) is 0 Å². The SMILES string of the molecule is Cc1cc(-c2onc(-c3ccc(O)cc3)c2C(O)c2cccnc2)cs1. The molecule has 1 aromatic carbocycles. The third-order valence-corrected chi connectivity index (χ3v) is 5.00. The van der Waals surface area contributed by atoms with E-state index < -0.39 is 6.10 Å². The molecule has 0 aliphatic heterocycles. The first-order chi connectivity index (χ1) is 12.6. The smallest absolute Gasteiger partial charge is 0.174 e. The fraction of sp³-hybridized carbons (Fsp3) is 0.100. The number of aryl methyl sites for hydroxylation is 1. The molecule has 5 nitrogen and oxygen atoms in total. The molecule has 0 aliphatic rings. The molecule has 3 aromatic heterocycles. The summed E-state index contributed by atoms with van der Waals surface area (Å²) in [6.07, 6.45) is 2.35. The minimum atomic E-state index is -0.936. The first kappa shape index (κ1) is 16.5. The van der Waals surface area contributed by atoms with Crippen LogP contribution in [0.3, 0.4) is 0 Å². The normalized spacial score (nSPS) is 12.2. The van der Waals surface area contributed by atoms with E-state index in [1.807, 2.05) is 24.4 Å². The standard InChI is InChI=1S/C20H16N2O3S/c1-12-9-15(11-26-12)20-17(19(24)14-3-2-8-21-10-14)18(22-25-20)13-4-6-16(23)7-5-13/h2-11,19,23-24H,1H3. The number of hydrogen-bond donors (Lipinski definition) is 2. The average Bonchev–Trinajstić information content (AvgIpc) is 3.28. The average molecular weight is 364 g/mol. The van der Waals surface area contributed by atoms with Crippen molar-refractivity contribution in [2.45, 2.75) is 13.0 Å². The number of nitrogens with zero attached hydrogens (tertiary/aromatic N) is 2. The third-order valence-electron chi connectivity index (χ3n) is 4.14. The summed E-state index contributed by atoms with van der Waals surface area (Å²) in [7, 11) is 0. The molecule has 6 heteroatoms. The Balaban J connectivity index is 1.90. The molecular weight excluding hydrogens is 348 g/mol. The topological polar surface area (TPSA) is 79.4 Å². The van der Waals surface area contributed by atoms with Gasteiger partial charge >= 0.3 is 0 Å². The molecule has 3 heterocycles. The summed E-state index contributed by atoms with van der Waals surface area (Å²) < 4.78 is 5.64. The predicted molar refractivity (Wildman–Crippen MR) is 100.0 cm³/mol. The minimum Gasteiger partial charge on any atom is -0.508 e. The second kappa shape index (κ2) is 6.74. The van der Waals surface area contributed by atoms with Gasteiger partial charge in [-0.25, -0.2) is 0 Å². The number of phenols is 1. The number of aromatic hydroxyl groups is 1. The minimum absolute atomic E-state index is 0.167. The molecule has 0 saturated carbocycles. The van der Waals surface area contributed by atoms with Gasteiger partial charge in [-0.3, -0.25) is 4.98 Å². The summed E-state index contributed by atoms with van der Waals surface area (Å²) in [5, 5.41) is 26.8. The molecule has 4 aromatic rings. The van der Waals surface area contributed by atoms with E-state index in [2.05, 4.69) is 10.1 Å². The van der Waals surface area contributed by atoms with Crippen molar-refractivity contribution in [3.05, 3.63) is 76.2 Å². The van der Waals surface area contributed by atoms with E-state index in [-0.39, 0.29) is 5.75 Å². The Bertz CT molecular complexity index is 1020. The highest BCUT2D eigenvalue weighted by molar-refractivity contribution is 7.10. The first-order valence-corrected chi connectivity index (χ1v) is 8.94. The van der Waals surface area contributed by atoms with Gasteiger partial charge in [0.1, 0.15) is 17.5 Å². The van der Waals surface area contributed by atoms with Gasteiger partial charge in [-0.2, -0.15) is 0 Å². The molecular formula is C20H16N2O3S. The number of hydrogen-bond acceptors (Lipinski definition) is 6. The van der Waals surface area contributed by atoms with Crippen molar-refractivity contribution in [1.29, 1.82) is 0 Å². The molecule has 1 atom stereocenters. The first-order valence-electron chi connectivity index (χ1n) is 8.06. The van der Waals surface area contributed by atoms with Crippen LogP contribution in [0.5, 0.6) is 5.75 Å². The van der Waals surface area contributed by atoms with Crippen LogP contribution in [0.1, 0.15) is 22.1 Å². The summed E-state index contributed by atoms with van der Waals surface area (Å²) in [6, 6.07) is 12.3. The van der Waals surface area contributed by atoms with Gasteiger partial charge in [-0.15, -0.1) is 11.3 Å². The maximum absolute atomic E-state index is 11.0. The zero-order valence-corrected chi connectivity index (χ0v) is 14.8. The van der Waals surface area contributed by atoms with Crippen LogP contribution in [0.2, 0.25) is 0 Å². The number of thiophene rings is 1. The molecule has 0 saturated heterocycles. The van der Waals surface area contributed by atoms with Crippen molar-refractivity contribution >= 4 is 11.3 Å². The van der Waals surface area contributed by atoms with Crippen LogP contribution < -0.4 is 0 Å². The second-order valence-electron chi connectivity index (χ2n) is 5.96. The van der Waals surface area contributed by atoms with Gasteiger partial charge in [-0.1, -0.05) is 11.2 Å². The highest BCUT2D eigenvalue weighted by atomic mass is 32.1. The summed E-state index contributed by atoms with van der Waals surface area (Å²) in [5.74, 6) is 0.703. The molecule has 0 fully saturated rings. The summed E-state index contributed by atoms with van der Waals surface area (Å²) in [4.78, 5) is 5.24. The lowest BCUT2D eigenvalue weighted by Crippen LogP contribution is -2.02. The molecule has 4 rings (SSSR count). The van der Waals surface area contributed by atoms with E-state index in [1.165, 1.54) is 0 Å². The number of aliphatic hydroxyl groups is 1. The van der Waals surface area contributed by atoms with Crippen LogP contribution in [-0.4, -0.2) is 20.4 Å². The largest absolute Gasteiger partial charge is 0.508 e.